The topological polar surface area (TPSA) is 25.2 Å². The summed E-state index contributed by atoms with van der Waals surface area (Å²) in [5, 5.41) is 1.45. The van der Waals surface area contributed by atoms with Crippen LogP contribution in [0.2, 0.25) is 0 Å². The second-order valence-electron chi connectivity index (χ2n) is 4.13. The van der Waals surface area contributed by atoms with Gasteiger partial charge in [0.05, 0.1) is 11.4 Å². The normalized spacial score (nSPS) is 11.8. The Hall–Kier alpha value is -1.61. The molecule has 0 aliphatic carbocycles. The highest BCUT2D eigenvalue weighted by atomic mass is 32.2. The Kier molecular flexibility index (Phi) is 4.53. The molecule has 0 amide bonds. The van der Waals surface area contributed by atoms with Gasteiger partial charge in [-0.1, -0.05) is 38.1 Å². The number of thioether (sulfide) groups is 1. The molecule has 0 fully saturated rings. The first kappa shape index (κ1) is 12.8. The number of aliphatic imine (C=N–C) groups is 1. The van der Waals surface area contributed by atoms with Gasteiger partial charge in [-0.25, -0.2) is 4.99 Å². The van der Waals surface area contributed by atoms with Crippen LogP contribution in [0.1, 0.15) is 19.5 Å². The fraction of sp³-hybridized carbons (Fsp3) is 0.200. The van der Waals surface area contributed by atoms with Crippen LogP contribution in [-0.4, -0.2) is 15.3 Å². The molecule has 2 rings (SSSR count). The van der Waals surface area contributed by atoms with Crippen molar-refractivity contribution in [3.63, 3.8) is 0 Å². The minimum Gasteiger partial charge on any atom is -0.254 e. The van der Waals surface area contributed by atoms with Gasteiger partial charge in [0.15, 0.2) is 0 Å². The van der Waals surface area contributed by atoms with E-state index < -0.39 is 0 Å². The van der Waals surface area contributed by atoms with E-state index in [4.69, 9.17) is 0 Å². The van der Waals surface area contributed by atoms with Gasteiger partial charge in [0.25, 0.3) is 0 Å². The highest BCUT2D eigenvalue weighted by Crippen LogP contribution is 2.21. The van der Waals surface area contributed by atoms with Gasteiger partial charge in [-0.05, 0) is 24.3 Å². The number of hydrogen-bond donors (Lipinski definition) is 0. The summed E-state index contributed by atoms with van der Waals surface area (Å²) in [5.74, 6) is 0. The third-order valence-electron chi connectivity index (χ3n) is 2.22. The molecule has 92 valence electrons. The average molecular weight is 256 g/mol. The SMILES string of the molecule is CC(C)S/C(=N\c1ccccc1)c1ccccn1. The summed E-state index contributed by atoms with van der Waals surface area (Å²) in [4.78, 5) is 9.06. The predicted molar refractivity (Wildman–Crippen MR) is 79.6 cm³/mol. The summed E-state index contributed by atoms with van der Waals surface area (Å²) in [7, 11) is 0. The van der Waals surface area contributed by atoms with E-state index in [1.165, 1.54) is 0 Å². The molecule has 0 saturated heterocycles. The van der Waals surface area contributed by atoms with Crippen molar-refractivity contribution in [3.05, 3.63) is 60.4 Å². The van der Waals surface area contributed by atoms with E-state index >= 15 is 0 Å². The molecular formula is C15H16N2S. The molecule has 0 aliphatic heterocycles. The van der Waals surface area contributed by atoms with Crippen molar-refractivity contribution < 1.29 is 0 Å². The highest BCUT2D eigenvalue weighted by Gasteiger charge is 2.08. The largest absolute Gasteiger partial charge is 0.254 e. The van der Waals surface area contributed by atoms with Gasteiger partial charge in [0.1, 0.15) is 5.04 Å². The number of nitrogens with zero attached hydrogens (tertiary/aromatic N) is 2. The van der Waals surface area contributed by atoms with Gasteiger partial charge in [0.2, 0.25) is 0 Å². The van der Waals surface area contributed by atoms with E-state index in [9.17, 15) is 0 Å². The van der Waals surface area contributed by atoms with Crippen LogP contribution >= 0.6 is 11.8 Å². The molecule has 0 atom stereocenters. The summed E-state index contributed by atoms with van der Waals surface area (Å²) in [5.41, 5.74) is 1.89. The second kappa shape index (κ2) is 6.36. The fourth-order valence-corrected chi connectivity index (χ4v) is 2.32. The van der Waals surface area contributed by atoms with Gasteiger partial charge < -0.3 is 0 Å². The van der Waals surface area contributed by atoms with Crippen molar-refractivity contribution in [3.8, 4) is 0 Å². The maximum atomic E-state index is 4.69. The van der Waals surface area contributed by atoms with Crippen molar-refractivity contribution in [2.24, 2.45) is 4.99 Å². The van der Waals surface area contributed by atoms with Gasteiger partial charge in [-0.2, -0.15) is 0 Å². The molecule has 0 spiro atoms. The van der Waals surface area contributed by atoms with E-state index in [2.05, 4.69) is 23.8 Å². The molecule has 0 saturated carbocycles. The minimum atomic E-state index is 0.481. The molecular weight excluding hydrogens is 240 g/mol. The van der Waals surface area contributed by atoms with Crippen LogP contribution in [-0.2, 0) is 0 Å². The van der Waals surface area contributed by atoms with Gasteiger partial charge in [0, 0.05) is 11.4 Å². The van der Waals surface area contributed by atoms with Crippen molar-refractivity contribution in [1.82, 2.24) is 4.98 Å². The zero-order valence-electron chi connectivity index (χ0n) is 10.6. The lowest BCUT2D eigenvalue weighted by Gasteiger charge is -2.08. The molecule has 0 aliphatic rings. The Balaban J connectivity index is 2.34. The van der Waals surface area contributed by atoms with E-state index in [1.807, 2.05) is 48.5 Å². The zero-order chi connectivity index (χ0) is 12.8. The molecule has 1 aromatic heterocycles. The fourth-order valence-electron chi connectivity index (χ4n) is 1.48. The summed E-state index contributed by atoms with van der Waals surface area (Å²) >= 11 is 1.73. The lowest BCUT2D eigenvalue weighted by Crippen LogP contribution is -2.02. The Labute approximate surface area is 112 Å². The van der Waals surface area contributed by atoms with Gasteiger partial charge in [-0.3, -0.25) is 4.98 Å². The van der Waals surface area contributed by atoms with Crippen LogP contribution in [0.15, 0.2) is 59.7 Å². The third-order valence-corrected chi connectivity index (χ3v) is 3.21. The Morgan fingerprint density at radius 1 is 1.06 bits per heavy atom. The molecule has 1 aromatic carbocycles. The lowest BCUT2D eigenvalue weighted by atomic mass is 10.3. The first-order valence-corrected chi connectivity index (χ1v) is 6.85. The maximum absolute atomic E-state index is 4.69. The third kappa shape index (κ3) is 3.70. The molecule has 0 bridgehead atoms. The van der Waals surface area contributed by atoms with Crippen molar-refractivity contribution in [2.75, 3.05) is 0 Å². The molecule has 0 unspecified atom stereocenters. The van der Waals surface area contributed by atoms with Gasteiger partial charge in [-0.15, -0.1) is 11.8 Å². The summed E-state index contributed by atoms with van der Waals surface area (Å²) in [6.45, 7) is 4.32. The Morgan fingerprint density at radius 3 is 2.39 bits per heavy atom. The molecule has 0 N–H and O–H groups in total. The number of benzene rings is 1. The summed E-state index contributed by atoms with van der Waals surface area (Å²) in [6.07, 6.45) is 1.80. The Bertz CT molecular complexity index is 507. The van der Waals surface area contributed by atoms with Crippen molar-refractivity contribution >= 4 is 22.5 Å². The van der Waals surface area contributed by atoms with Crippen LogP contribution in [0.25, 0.3) is 0 Å². The van der Waals surface area contributed by atoms with E-state index in [0.29, 0.717) is 5.25 Å². The highest BCUT2D eigenvalue weighted by molar-refractivity contribution is 8.14. The van der Waals surface area contributed by atoms with Gasteiger partial charge >= 0.3 is 0 Å². The zero-order valence-corrected chi connectivity index (χ0v) is 11.4. The van der Waals surface area contributed by atoms with E-state index in [1.54, 1.807) is 18.0 Å². The first-order valence-electron chi connectivity index (χ1n) is 5.97. The van der Waals surface area contributed by atoms with Crippen LogP contribution < -0.4 is 0 Å². The molecule has 18 heavy (non-hydrogen) atoms. The molecule has 3 heteroatoms. The standard InChI is InChI=1S/C15H16N2S/c1-12(2)18-15(14-10-6-7-11-16-14)17-13-8-4-3-5-9-13/h3-12H,1-2H3/b17-15-. The van der Waals surface area contributed by atoms with Crippen LogP contribution in [0.4, 0.5) is 5.69 Å². The summed E-state index contributed by atoms with van der Waals surface area (Å²) in [6, 6.07) is 15.9. The molecule has 2 aromatic rings. The lowest BCUT2D eigenvalue weighted by molar-refractivity contribution is 1.12. The van der Waals surface area contributed by atoms with E-state index in [-0.39, 0.29) is 0 Å². The van der Waals surface area contributed by atoms with Crippen molar-refractivity contribution in [1.29, 1.82) is 0 Å². The summed E-state index contributed by atoms with van der Waals surface area (Å²) < 4.78 is 0. The van der Waals surface area contributed by atoms with Crippen LogP contribution in [0.5, 0.6) is 0 Å². The first-order chi connectivity index (χ1) is 8.75. The molecule has 2 nitrogen and oxygen atoms in total. The quantitative estimate of drug-likeness (QED) is 0.604. The number of rotatable bonds is 3. The van der Waals surface area contributed by atoms with Crippen LogP contribution in [0.3, 0.4) is 0 Å². The monoisotopic (exact) mass is 256 g/mol. The maximum Gasteiger partial charge on any atom is 0.123 e. The van der Waals surface area contributed by atoms with E-state index in [0.717, 1.165) is 16.4 Å². The molecule has 0 radical (unpaired) electrons. The van der Waals surface area contributed by atoms with Crippen LogP contribution in [0, 0.1) is 0 Å². The predicted octanol–water partition coefficient (Wildman–Crippen LogP) is 4.30. The second-order valence-corrected chi connectivity index (χ2v) is 5.70. The molecule has 1 heterocycles. The number of aromatic nitrogens is 1. The number of pyridine rings is 1. The average Bonchev–Trinajstić information content (AvgIpc) is 2.40. The number of hydrogen-bond acceptors (Lipinski definition) is 3. The van der Waals surface area contributed by atoms with Crippen molar-refractivity contribution in [2.45, 2.75) is 19.1 Å². The Morgan fingerprint density at radius 2 is 1.78 bits per heavy atom. The smallest absolute Gasteiger partial charge is 0.123 e. The number of para-hydroxylation sites is 1. The minimum absolute atomic E-state index is 0.481.